The Morgan fingerprint density at radius 3 is 2.52 bits per heavy atom. The van der Waals surface area contributed by atoms with Gasteiger partial charge in [0.1, 0.15) is 18.4 Å². The third-order valence-electron chi connectivity index (χ3n) is 3.88. The van der Waals surface area contributed by atoms with Crippen LogP contribution in [0.2, 0.25) is 5.02 Å². The van der Waals surface area contributed by atoms with Crippen molar-refractivity contribution in [2.45, 2.75) is 25.7 Å². The van der Waals surface area contributed by atoms with Gasteiger partial charge >= 0.3 is 12.6 Å². The fourth-order valence-corrected chi connectivity index (χ4v) is 3.14. The molecule has 29 heavy (non-hydrogen) atoms. The van der Waals surface area contributed by atoms with Crippen molar-refractivity contribution in [1.82, 2.24) is 5.32 Å². The number of carbonyl (C=O) groups excluding carboxylic acids is 2. The summed E-state index contributed by atoms with van der Waals surface area (Å²) in [6.45, 7) is -3.25. The first-order valence-electron chi connectivity index (χ1n) is 8.66. The molecular formula is C20H20ClF2NO4S. The van der Waals surface area contributed by atoms with Gasteiger partial charge in [-0.05, 0) is 36.6 Å². The highest BCUT2D eigenvalue weighted by atomic mass is 35.5. The van der Waals surface area contributed by atoms with E-state index in [4.69, 9.17) is 16.3 Å². The molecule has 1 N–H and O–H groups in total. The average Bonchev–Trinajstić information content (AvgIpc) is 2.70. The Balaban J connectivity index is 2.05. The lowest BCUT2D eigenvalue weighted by Gasteiger charge is -2.18. The van der Waals surface area contributed by atoms with Crippen LogP contribution in [-0.2, 0) is 16.1 Å². The van der Waals surface area contributed by atoms with Gasteiger partial charge in [-0.25, -0.2) is 4.79 Å². The van der Waals surface area contributed by atoms with Crippen molar-refractivity contribution in [3.63, 3.8) is 0 Å². The number of esters is 1. The second-order valence-corrected chi connectivity index (χ2v) is 7.27. The minimum Gasteiger partial charge on any atom is -0.459 e. The van der Waals surface area contributed by atoms with Crippen molar-refractivity contribution < 1.29 is 27.8 Å². The molecular weight excluding hydrogens is 424 g/mol. The molecule has 1 unspecified atom stereocenters. The van der Waals surface area contributed by atoms with E-state index in [9.17, 15) is 18.4 Å². The second kappa shape index (κ2) is 11.6. The molecule has 1 amide bonds. The van der Waals surface area contributed by atoms with Gasteiger partial charge in [-0.15, -0.1) is 0 Å². The van der Waals surface area contributed by atoms with Crippen LogP contribution in [0, 0.1) is 0 Å². The lowest BCUT2D eigenvalue weighted by atomic mass is 10.1. The van der Waals surface area contributed by atoms with Gasteiger partial charge in [0, 0.05) is 5.56 Å². The molecule has 2 rings (SSSR count). The molecule has 0 heterocycles. The van der Waals surface area contributed by atoms with Crippen LogP contribution in [0.5, 0.6) is 5.75 Å². The normalized spacial score (nSPS) is 11.8. The van der Waals surface area contributed by atoms with E-state index in [0.29, 0.717) is 17.7 Å². The number of hydrogen-bond donors (Lipinski definition) is 1. The molecule has 0 bridgehead atoms. The smallest absolute Gasteiger partial charge is 0.387 e. The van der Waals surface area contributed by atoms with Crippen LogP contribution in [-0.4, -0.2) is 36.5 Å². The number of rotatable bonds is 10. The summed E-state index contributed by atoms with van der Waals surface area (Å²) in [7, 11) is 0. The van der Waals surface area contributed by atoms with Crippen LogP contribution in [0.1, 0.15) is 22.3 Å². The topological polar surface area (TPSA) is 64.6 Å². The van der Waals surface area contributed by atoms with Gasteiger partial charge in [-0.1, -0.05) is 41.9 Å². The maximum Gasteiger partial charge on any atom is 0.387 e. The first-order valence-corrected chi connectivity index (χ1v) is 10.4. The van der Waals surface area contributed by atoms with E-state index in [-0.39, 0.29) is 22.9 Å². The molecule has 9 heteroatoms. The highest BCUT2D eigenvalue weighted by molar-refractivity contribution is 7.98. The molecule has 1 atom stereocenters. The molecule has 2 aromatic carbocycles. The number of carbonyl (C=O) groups is 2. The molecule has 5 nitrogen and oxygen atoms in total. The minimum atomic E-state index is -2.99. The zero-order chi connectivity index (χ0) is 21.2. The summed E-state index contributed by atoms with van der Waals surface area (Å²) in [5, 5.41) is 2.89. The Morgan fingerprint density at radius 2 is 1.83 bits per heavy atom. The number of nitrogens with one attached hydrogen (secondary N) is 1. The van der Waals surface area contributed by atoms with Crippen LogP contribution in [0.4, 0.5) is 8.78 Å². The van der Waals surface area contributed by atoms with Crippen molar-refractivity contribution in [2.24, 2.45) is 0 Å². The van der Waals surface area contributed by atoms with Crippen molar-refractivity contribution >= 4 is 35.2 Å². The number of para-hydroxylation sites is 1. The van der Waals surface area contributed by atoms with Gasteiger partial charge in [-0.2, -0.15) is 20.5 Å². The van der Waals surface area contributed by atoms with E-state index in [2.05, 4.69) is 10.1 Å². The van der Waals surface area contributed by atoms with Crippen LogP contribution >= 0.6 is 23.4 Å². The summed E-state index contributed by atoms with van der Waals surface area (Å²) in [6.07, 6.45) is 2.21. The van der Waals surface area contributed by atoms with E-state index >= 15 is 0 Å². The maximum absolute atomic E-state index is 12.5. The summed E-state index contributed by atoms with van der Waals surface area (Å²) < 4.78 is 34.7. The molecule has 156 valence electrons. The number of alkyl halides is 2. The number of benzene rings is 2. The zero-order valence-corrected chi connectivity index (χ0v) is 17.1. The second-order valence-electron chi connectivity index (χ2n) is 5.88. The Morgan fingerprint density at radius 1 is 1.14 bits per heavy atom. The Hall–Kier alpha value is -2.32. The van der Waals surface area contributed by atoms with Crippen molar-refractivity contribution in [1.29, 1.82) is 0 Å². The van der Waals surface area contributed by atoms with Gasteiger partial charge < -0.3 is 14.8 Å². The predicted molar refractivity (Wildman–Crippen MR) is 109 cm³/mol. The Kier molecular flexibility index (Phi) is 9.21. The highest BCUT2D eigenvalue weighted by Gasteiger charge is 2.24. The van der Waals surface area contributed by atoms with Crippen LogP contribution < -0.4 is 10.1 Å². The van der Waals surface area contributed by atoms with E-state index in [1.54, 1.807) is 30.3 Å². The summed E-state index contributed by atoms with van der Waals surface area (Å²) in [4.78, 5) is 25.0. The molecule has 0 aliphatic carbocycles. The standard InChI is InChI=1S/C20H20ClF2NO4S/c1-29-11-10-16(24-18(25)14-7-3-4-8-15(14)21)19(26)27-12-13-6-2-5-9-17(13)28-20(22)23/h2-9,16,20H,10-12H2,1H3,(H,24,25). The molecule has 0 aliphatic heterocycles. The number of hydrogen-bond acceptors (Lipinski definition) is 5. The largest absolute Gasteiger partial charge is 0.459 e. The van der Waals surface area contributed by atoms with Crippen molar-refractivity contribution in [3.8, 4) is 5.75 Å². The first-order chi connectivity index (χ1) is 13.9. The maximum atomic E-state index is 12.5. The third kappa shape index (κ3) is 7.21. The molecule has 0 spiro atoms. The summed E-state index contributed by atoms with van der Waals surface area (Å²) in [5.74, 6) is -0.643. The van der Waals surface area contributed by atoms with Crippen LogP contribution in [0.15, 0.2) is 48.5 Å². The minimum absolute atomic E-state index is 0.0731. The van der Waals surface area contributed by atoms with E-state index in [1.807, 2.05) is 6.26 Å². The fourth-order valence-electron chi connectivity index (χ4n) is 2.45. The molecule has 0 aromatic heterocycles. The van der Waals surface area contributed by atoms with E-state index in [1.165, 1.54) is 30.0 Å². The predicted octanol–water partition coefficient (Wildman–Crippen LogP) is 4.54. The Bertz CT molecular complexity index is 838. The van der Waals surface area contributed by atoms with E-state index < -0.39 is 24.5 Å². The molecule has 0 saturated carbocycles. The van der Waals surface area contributed by atoms with Gasteiger partial charge in [0.2, 0.25) is 0 Å². The van der Waals surface area contributed by atoms with E-state index in [0.717, 1.165) is 0 Å². The van der Waals surface area contributed by atoms with Crippen LogP contribution in [0.25, 0.3) is 0 Å². The first kappa shape index (κ1) is 23.0. The molecule has 0 saturated heterocycles. The zero-order valence-electron chi connectivity index (χ0n) is 15.6. The quantitative estimate of drug-likeness (QED) is 0.546. The Labute approximate surface area is 176 Å². The molecule has 0 fully saturated rings. The highest BCUT2D eigenvalue weighted by Crippen LogP contribution is 2.21. The fraction of sp³-hybridized carbons (Fsp3) is 0.300. The average molecular weight is 444 g/mol. The summed E-state index contributed by atoms with van der Waals surface area (Å²) >= 11 is 7.54. The van der Waals surface area contributed by atoms with Gasteiger partial charge in [0.25, 0.3) is 5.91 Å². The van der Waals surface area contributed by atoms with Gasteiger partial charge in [0.05, 0.1) is 10.6 Å². The monoisotopic (exact) mass is 443 g/mol. The van der Waals surface area contributed by atoms with Gasteiger partial charge in [0.15, 0.2) is 0 Å². The summed E-state index contributed by atoms with van der Waals surface area (Å²) in [5.41, 5.74) is 0.536. The number of ether oxygens (including phenoxy) is 2. The third-order valence-corrected chi connectivity index (χ3v) is 4.85. The lowest BCUT2D eigenvalue weighted by Crippen LogP contribution is -2.42. The van der Waals surface area contributed by atoms with Crippen LogP contribution in [0.3, 0.4) is 0 Å². The van der Waals surface area contributed by atoms with Crippen molar-refractivity contribution in [3.05, 3.63) is 64.7 Å². The molecule has 0 radical (unpaired) electrons. The SMILES string of the molecule is CSCCC(NC(=O)c1ccccc1Cl)C(=O)OCc1ccccc1OC(F)F. The van der Waals surface area contributed by atoms with Crippen molar-refractivity contribution in [2.75, 3.05) is 12.0 Å². The number of amides is 1. The molecule has 2 aromatic rings. The number of halogens is 3. The lowest BCUT2D eigenvalue weighted by molar-refractivity contribution is -0.147. The molecule has 0 aliphatic rings. The van der Waals surface area contributed by atoms with Gasteiger partial charge in [-0.3, -0.25) is 4.79 Å². The summed E-state index contributed by atoms with van der Waals surface area (Å²) in [6, 6.07) is 11.6. The number of thioether (sulfide) groups is 1.